The smallest absolute Gasteiger partial charge is 0.279 e. The number of methoxy groups -OCH3 is 1. The van der Waals surface area contributed by atoms with Gasteiger partial charge in [0.2, 0.25) is 15.8 Å². The molecule has 1 aliphatic heterocycles. The Morgan fingerprint density at radius 1 is 1.06 bits per heavy atom. The molecule has 10 heteroatoms. The molecular formula is C22H21N5O4S. The largest absolute Gasteiger partial charge is 0.497 e. The van der Waals surface area contributed by atoms with E-state index in [9.17, 15) is 8.42 Å². The highest BCUT2D eigenvalue weighted by atomic mass is 32.2. The van der Waals surface area contributed by atoms with Gasteiger partial charge in [0.1, 0.15) is 5.75 Å². The molecule has 9 nitrogen and oxygen atoms in total. The first-order chi connectivity index (χ1) is 15.5. The third-order valence-corrected chi connectivity index (χ3v) is 7.42. The summed E-state index contributed by atoms with van der Waals surface area (Å²) in [4.78, 5) is 4.72. The maximum Gasteiger partial charge on any atom is 0.279 e. The Bertz CT molecular complexity index is 1360. The van der Waals surface area contributed by atoms with Crippen LogP contribution in [0.5, 0.6) is 5.75 Å². The first-order valence-corrected chi connectivity index (χ1v) is 11.5. The molecule has 4 aromatic rings. The van der Waals surface area contributed by atoms with Gasteiger partial charge in [-0.2, -0.15) is 14.4 Å². The number of benzene rings is 2. The van der Waals surface area contributed by atoms with Gasteiger partial charge in [-0.25, -0.2) is 8.42 Å². The number of fused-ring (bicyclic) bond motifs is 1. The van der Waals surface area contributed by atoms with Crippen molar-refractivity contribution < 1.29 is 17.7 Å². The van der Waals surface area contributed by atoms with Gasteiger partial charge in [0.05, 0.1) is 12.0 Å². The molecule has 0 saturated carbocycles. The number of sulfonamides is 1. The number of aryl methyl sites for hydroxylation is 1. The maximum atomic E-state index is 13.2. The predicted octanol–water partition coefficient (Wildman–Crippen LogP) is 2.89. The van der Waals surface area contributed by atoms with E-state index in [4.69, 9.17) is 9.26 Å². The van der Waals surface area contributed by atoms with Crippen LogP contribution in [0.15, 0.2) is 64.0 Å². The van der Waals surface area contributed by atoms with Crippen molar-refractivity contribution in [3.63, 3.8) is 0 Å². The molecule has 0 aliphatic carbocycles. The van der Waals surface area contributed by atoms with Crippen LogP contribution in [-0.4, -0.2) is 46.3 Å². The quantitative estimate of drug-likeness (QED) is 0.460. The van der Waals surface area contributed by atoms with Gasteiger partial charge in [0, 0.05) is 43.4 Å². The molecule has 5 rings (SSSR count). The van der Waals surface area contributed by atoms with Crippen molar-refractivity contribution in [2.45, 2.75) is 17.9 Å². The van der Waals surface area contributed by atoms with Crippen LogP contribution in [0.25, 0.3) is 23.0 Å². The summed E-state index contributed by atoms with van der Waals surface area (Å²) in [6, 6.07) is 15.9. The minimum Gasteiger partial charge on any atom is -0.497 e. The van der Waals surface area contributed by atoms with E-state index in [0.29, 0.717) is 30.2 Å². The standard InChI is InChI=1S/C22H21N5O4S/c1-26-19-12-13-27(32(28,29)17-10-8-16(30-2)9-11-17)14-18(19)20(24-26)22-23-21(25-31-22)15-6-4-3-5-7-15/h3-11H,12-14H2,1-2H3. The van der Waals surface area contributed by atoms with Crippen LogP contribution >= 0.6 is 0 Å². The summed E-state index contributed by atoms with van der Waals surface area (Å²) < 4.78 is 40.3. The molecule has 0 spiro atoms. The molecule has 0 N–H and O–H groups in total. The minimum atomic E-state index is -3.68. The van der Waals surface area contributed by atoms with Crippen LogP contribution in [0.4, 0.5) is 0 Å². The molecule has 0 bridgehead atoms. The van der Waals surface area contributed by atoms with Crippen LogP contribution in [0, 0.1) is 0 Å². The Morgan fingerprint density at radius 3 is 2.53 bits per heavy atom. The summed E-state index contributed by atoms with van der Waals surface area (Å²) in [7, 11) is -0.303. The van der Waals surface area contributed by atoms with Crippen molar-refractivity contribution in [2.24, 2.45) is 7.05 Å². The third-order valence-electron chi connectivity index (χ3n) is 5.57. The Kier molecular flexibility index (Phi) is 5.03. The second-order valence-corrected chi connectivity index (χ2v) is 9.39. The van der Waals surface area contributed by atoms with Gasteiger partial charge in [-0.05, 0) is 24.3 Å². The van der Waals surface area contributed by atoms with Crippen LogP contribution < -0.4 is 4.74 Å². The van der Waals surface area contributed by atoms with E-state index >= 15 is 0 Å². The van der Waals surface area contributed by atoms with Crippen molar-refractivity contribution in [3.05, 3.63) is 65.9 Å². The number of ether oxygens (including phenoxy) is 1. The monoisotopic (exact) mass is 451 g/mol. The minimum absolute atomic E-state index is 0.177. The van der Waals surface area contributed by atoms with Gasteiger partial charge < -0.3 is 9.26 Å². The summed E-state index contributed by atoms with van der Waals surface area (Å²) in [6.45, 7) is 0.537. The molecule has 0 fully saturated rings. The number of nitrogens with zero attached hydrogens (tertiary/aromatic N) is 5. The van der Waals surface area contributed by atoms with E-state index in [2.05, 4.69) is 15.2 Å². The highest BCUT2D eigenvalue weighted by molar-refractivity contribution is 7.89. The third kappa shape index (κ3) is 3.47. The number of aromatic nitrogens is 4. The second-order valence-electron chi connectivity index (χ2n) is 7.45. The lowest BCUT2D eigenvalue weighted by Gasteiger charge is -2.26. The highest BCUT2D eigenvalue weighted by Crippen LogP contribution is 2.32. The normalized spacial score (nSPS) is 14.3. The molecule has 164 valence electrons. The molecule has 2 aromatic heterocycles. The second kappa shape index (κ2) is 7.88. The summed E-state index contributed by atoms with van der Waals surface area (Å²) in [5.41, 5.74) is 3.07. The van der Waals surface area contributed by atoms with Crippen LogP contribution in [-0.2, 0) is 30.0 Å². The van der Waals surface area contributed by atoms with Crippen LogP contribution in [0.1, 0.15) is 11.3 Å². The van der Waals surface area contributed by atoms with Gasteiger partial charge in [-0.1, -0.05) is 35.5 Å². The Hall–Kier alpha value is -3.50. The van der Waals surface area contributed by atoms with Crippen molar-refractivity contribution in [1.82, 2.24) is 24.2 Å². The van der Waals surface area contributed by atoms with Crippen LogP contribution in [0.2, 0.25) is 0 Å². The molecule has 32 heavy (non-hydrogen) atoms. The fraction of sp³-hybridized carbons (Fsp3) is 0.227. The van der Waals surface area contributed by atoms with Gasteiger partial charge in [-0.15, -0.1) is 0 Å². The lowest BCUT2D eigenvalue weighted by atomic mass is 10.1. The van der Waals surface area contributed by atoms with Crippen molar-refractivity contribution >= 4 is 10.0 Å². The molecule has 0 atom stereocenters. The molecule has 0 amide bonds. The summed E-state index contributed by atoms with van der Waals surface area (Å²) in [6.07, 6.45) is 0.536. The zero-order valence-corrected chi connectivity index (χ0v) is 18.4. The van der Waals surface area contributed by atoms with E-state index < -0.39 is 10.0 Å². The van der Waals surface area contributed by atoms with E-state index in [0.717, 1.165) is 16.8 Å². The highest BCUT2D eigenvalue weighted by Gasteiger charge is 2.33. The van der Waals surface area contributed by atoms with E-state index in [1.54, 1.807) is 36.1 Å². The summed E-state index contributed by atoms with van der Waals surface area (Å²) >= 11 is 0. The van der Waals surface area contributed by atoms with Gasteiger partial charge in [0.25, 0.3) is 5.89 Å². The molecule has 0 saturated heterocycles. The zero-order chi connectivity index (χ0) is 22.3. The Labute approximate surface area is 185 Å². The van der Waals surface area contributed by atoms with Gasteiger partial charge in [-0.3, -0.25) is 4.68 Å². The summed E-state index contributed by atoms with van der Waals surface area (Å²) in [5.74, 6) is 1.33. The van der Waals surface area contributed by atoms with Crippen molar-refractivity contribution in [2.75, 3.05) is 13.7 Å². The lowest BCUT2D eigenvalue weighted by Crippen LogP contribution is -2.36. The molecular weight excluding hydrogens is 430 g/mol. The average molecular weight is 452 g/mol. The molecule has 1 aliphatic rings. The number of rotatable bonds is 5. The molecule has 2 aromatic carbocycles. The fourth-order valence-electron chi connectivity index (χ4n) is 3.87. The van der Waals surface area contributed by atoms with E-state index in [1.165, 1.54) is 4.31 Å². The SMILES string of the molecule is COc1ccc(S(=O)(=O)N2CCc3c(c(-c4nc(-c5ccccc5)no4)nn3C)C2)cc1. The summed E-state index contributed by atoms with van der Waals surface area (Å²) in [5, 5.41) is 8.64. The zero-order valence-electron chi connectivity index (χ0n) is 17.6. The van der Waals surface area contributed by atoms with Gasteiger partial charge in [0.15, 0.2) is 5.69 Å². The Morgan fingerprint density at radius 2 is 1.81 bits per heavy atom. The average Bonchev–Trinajstić information content (AvgIpc) is 3.44. The first-order valence-electron chi connectivity index (χ1n) is 10.1. The number of hydrogen-bond donors (Lipinski definition) is 0. The topological polar surface area (TPSA) is 103 Å². The van der Waals surface area contributed by atoms with E-state index in [1.807, 2.05) is 37.4 Å². The van der Waals surface area contributed by atoms with Crippen LogP contribution in [0.3, 0.4) is 0 Å². The molecule has 0 unspecified atom stereocenters. The van der Waals surface area contributed by atoms with Gasteiger partial charge >= 0.3 is 0 Å². The van der Waals surface area contributed by atoms with Crippen molar-refractivity contribution in [3.8, 4) is 28.7 Å². The van der Waals surface area contributed by atoms with Crippen molar-refractivity contribution in [1.29, 1.82) is 0 Å². The maximum absolute atomic E-state index is 13.2. The Balaban J connectivity index is 1.48. The first kappa shape index (κ1) is 20.4. The number of hydrogen-bond acceptors (Lipinski definition) is 7. The lowest BCUT2D eigenvalue weighted by molar-refractivity contribution is 0.384. The fourth-order valence-corrected chi connectivity index (χ4v) is 5.27. The molecule has 3 heterocycles. The molecule has 0 radical (unpaired) electrons. The predicted molar refractivity (Wildman–Crippen MR) is 116 cm³/mol. The van der Waals surface area contributed by atoms with E-state index in [-0.39, 0.29) is 17.3 Å².